The summed E-state index contributed by atoms with van der Waals surface area (Å²) in [5.41, 5.74) is 2.50. The van der Waals surface area contributed by atoms with Crippen molar-refractivity contribution in [1.29, 1.82) is 0 Å². The van der Waals surface area contributed by atoms with Gasteiger partial charge in [-0.25, -0.2) is 0 Å². The number of aromatic nitrogens is 2. The Labute approximate surface area is 118 Å². The fourth-order valence-electron chi connectivity index (χ4n) is 2.63. The minimum Gasteiger partial charge on any atom is -0.435 e. The molecule has 21 heavy (non-hydrogen) atoms. The number of alkyl halides is 2. The normalized spacial score (nSPS) is 11.8. The maximum atomic E-state index is 12.3. The van der Waals surface area contributed by atoms with Crippen molar-refractivity contribution in [2.45, 2.75) is 6.61 Å². The van der Waals surface area contributed by atoms with Crippen molar-refractivity contribution in [3.63, 3.8) is 0 Å². The predicted octanol–water partition coefficient (Wildman–Crippen LogP) is 4.47. The summed E-state index contributed by atoms with van der Waals surface area (Å²) in [4.78, 5) is 7.74. The van der Waals surface area contributed by atoms with E-state index in [2.05, 4.69) is 14.7 Å². The fraction of sp³-hybridized carbons (Fsp3) is 0.0625. The molecule has 4 rings (SSSR count). The highest BCUT2D eigenvalue weighted by atomic mass is 19.3. The van der Waals surface area contributed by atoms with Gasteiger partial charge in [0.1, 0.15) is 5.75 Å². The van der Waals surface area contributed by atoms with Gasteiger partial charge in [0.05, 0.1) is 11.0 Å². The van der Waals surface area contributed by atoms with Crippen LogP contribution in [0.15, 0.2) is 48.7 Å². The van der Waals surface area contributed by atoms with Crippen molar-refractivity contribution in [2.24, 2.45) is 0 Å². The van der Waals surface area contributed by atoms with E-state index in [4.69, 9.17) is 0 Å². The molecule has 0 fully saturated rings. The maximum Gasteiger partial charge on any atom is 0.387 e. The first-order chi connectivity index (χ1) is 10.2. The van der Waals surface area contributed by atoms with Gasteiger partial charge in [-0.1, -0.05) is 24.3 Å². The Morgan fingerprint density at radius 1 is 1.05 bits per heavy atom. The molecule has 0 aliphatic rings. The standard InChI is InChI=1S/C16H10F2N2O/c17-16(18)21-10-5-6-13-12(7-10)14-15(20-13)11-4-2-1-3-9(11)8-19-14/h1-8,16,20H. The molecule has 5 heteroatoms. The molecule has 1 N–H and O–H groups in total. The number of hydrogen-bond acceptors (Lipinski definition) is 2. The number of halogens is 2. The first-order valence-corrected chi connectivity index (χ1v) is 6.46. The first kappa shape index (κ1) is 12.1. The molecule has 2 heterocycles. The second-order valence-electron chi connectivity index (χ2n) is 4.78. The van der Waals surface area contributed by atoms with Crippen molar-refractivity contribution in [1.82, 2.24) is 9.97 Å². The van der Waals surface area contributed by atoms with Crippen LogP contribution in [0.3, 0.4) is 0 Å². The predicted molar refractivity (Wildman–Crippen MR) is 77.7 cm³/mol. The topological polar surface area (TPSA) is 37.9 Å². The van der Waals surface area contributed by atoms with E-state index >= 15 is 0 Å². The SMILES string of the molecule is FC(F)Oc1ccc2[nH]c3c4ccccc4cnc3c2c1. The summed E-state index contributed by atoms with van der Waals surface area (Å²) in [5.74, 6) is 0.133. The number of nitrogens with zero attached hydrogens (tertiary/aromatic N) is 1. The van der Waals surface area contributed by atoms with Gasteiger partial charge in [0.25, 0.3) is 0 Å². The lowest BCUT2D eigenvalue weighted by atomic mass is 10.1. The lowest BCUT2D eigenvalue weighted by Gasteiger charge is -2.03. The van der Waals surface area contributed by atoms with Crippen LogP contribution in [0.2, 0.25) is 0 Å². The second kappa shape index (κ2) is 4.41. The van der Waals surface area contributed by atoms with Crippen molar-refractivity contribution in [3.8, 4) is 5.75 Å². The van der Waals surface area contributed by atoms with E-state index in [1.54, 1.807) is 18.3 Å². The Kier molecular flexibility index (Phi) is 2.54. The molecule has 0 atom stereocenters. The van der Waals surface area contributed by atoms with Crippen molar-refractivity contribution in [3.05, 3.63) is 48.7 Å². The molecule has 4 aromatic rings. The van der Waals surface area contributed by atoms with Crippen LogP contribution in [0.4, 0.5) is 8.78 Å². The lowest BCUT2D eigenvalue weighted by Crippen LogP contribution is -2.01. The average Bonchev–Trinajstić information content (AvgIpc) is 2.85. The van der Waals surface area contributed by atoms with Crippen molar-refractivity contribution in [2.75, 3.05) is 0 Å². The summed E-state index contributed by atoms with van der Waals surface area (Å²) < 4.78 is 29.1. The molecular formula is C16H10F2N2O. The van der Waals surface area contributed by atoms with Gasteiger partial charge < -0.3 is 9.72 Å². The summed E-state index contributed by atoms with van der Waals surface area (Å²) in [7, 11) is 0. The Bertz CT molecular complexity index is 962. The van der Waals surface area contributed by atoms with Crippen LogP contribution in [0.1, 0.15) is 0 Å². The van der Waals surface area contributed by atoms with Crippen LogP contribution < -0.4 is 4.74 Å². The molecule has 0 aliphatic carbocycles. The van der Waals surface area contributed by atoms with Crippen LogP contribution in [0, 0.1) is 0 Å². The second-order valence-corrected chi connectivity index (χ2v) is 4.78. The third-order valence-electron chi connectivity index (χ3n) is 3.53. The van der Waals surface area contributed by atoms with E-state index in [0.29, 0.717) is 0 Å². The van der Waals surface area contributed by atoms with Gasteiger partial charge in [0.2, 0.25) is 0 Å². The lowest BCUT2D eigenvalue weighted by molar-refractivity contribution is -0.0497. The van der Waals surface area contributed by atoms with E-state index in [0.717, 1.165) is 32.7 Å². The van der Waals surface area contributed by atoms with Gasteiger partial charge in [-0.05, 0) is 18.2 Å². The third-order valence-corrected chi connectivity index (χ3v) is 3.53. The minimum atomic E-state index is -2.83. The molecule has 2 aromatic heterocycles. The number of ether oxygens (including phenoxy) is 1. The van der Waals surface area contributed by atoms with Gasteiger partial charge in [-0.3, -0.25) is 4.98 Å². The zero-order valence-corrected chi connectivity index (χ0v) is 10.8. The van der Waals surface area contributed by atoms with E-state index in [1.807, 2.05) is 24.3 Å². The van der Waals surface area contributed by atoms with Crippen molar-refractivity contribution >= 4 is 32.7 Å². The summed E-state index contributed by atoms with van der Waals surface area (Å²) in [6, 6.07) is 12.7. The molecule has 3 nitrogen and oxygen atoms in total. The molecule has 104 valence electrons. The summed E-state index contributed by atoms with van der Waals surface area (Å²) in [5, 5.41) is 2.85. The van der Waals surface area contributed by atoms with Gasteiger partial charge in [0.15, 0.2) is 0 Å². The van der Waals surface area contributed by atoms with E-state index < -0.39 is 6.61 Å². The number of fused-ring (bicyclic) bond motifs is 5. The van der Waals surface area contributed by atoms with Crippen LogP contribution >= 0.6 is 0 Å². The molecule has 0 unspecified atom stereocenters. The summed E-state index contributed by atoms with van der Waals surface area (Å²) >= 11 is 0. The molecule has 0 saturated heterocycles. The summed E-state index contributed by atoms with van der Waals surface area (Å²) in [6.45, 7) is -2.83. The molecule has 0 radical (unpaired) electrons. The van der Waals surface area contributed by atoms with Crippen LogP contribution in [-0.4, -0.2) is 16.6 Å². The number of hydrogen-bond donors (Lipinski definition) is 1. The maximum absolute atomic E-state index is 12.3. The van der Waals surface area contributed by atoms with Gasteiger partial charge in [0, 0.05) is 27.9 Å². The zero-order chi connectivity index (χ0) is 14.4. The molecule has 0 spiro atoms. The number of rotatable bonds is 2. The third kappa shape index (κ3) is 1.89. The monoisotopic (exact) mass is 284 g/mol. The van der Waals surface area contributed by atoms with Crippen LogP contribution in [-0.2, 0) is 0 Å². The highest BCUT2D eigenvalue weighted by molar-refractivity contribution is 6.14. The summed E-state index contributed by atoms with van der Waals surface area (Å²) in [6.07, 6.45) is 1.78. The van der Waals surface area contributed by atoms with Crippen LogP contribution in [0.25, 0.3) is 32.7 Å². The average molecular weight is 284 g/mol. The molecule has 0 aliphatic heterocycles. The van der Waals surface area contributed by atoms with E-state index in [-0.39, 0.29) is 5.75 Å². The molecule has 0 bridgehead atoms. The van der Waals surface area contributed by atoms with Gasteiger partial charge >= 0.3 is 6.61 Å². The Hall–Kier alpha value is -2.69. The number of H-pyrrole nitrogens is 1. The minimum absolute atomic E-state index is 0.133. The number of benzene rings is 2. The van der Waals surface area contributed by atoms with E-state index in [1.165, 1.54) is 6.07 Å². The number of aromatic amines is 1. The van der Waals surface area contributed by atoms with Gasteiger partial charge in [-0.15, -0.1) is 0 Å². The highest BCUT2D eigenvalue weighted by Crippen LogP contribution is 2.31. The number of pyridine rings is 1. The zero-order valence-electron chi connectivity index (χ0n) is 10.8. The highest BCUT2D eigenvalue weighted by Gasteiger charge is 2.11. The van der Waals surface area contributed by atoms with Crippen LogP contribution in [0.5, 0.6) is 5.75 Å². The Balaban J connectivity index is 2.04. The quantitative estimate of drug-likeness (QED) is 0.589. The Morgan fingerprint density at radius 2 is 1.90 bits per heavy atom. The number of nitrogens with one attached hydrogen (secondary N) is 1. The molecule has 2 aromatic carbocycles. The fourth-order valence-corrected chi connectivity index (χ4v) is 2.63. The Morgan fingerprint density at radius 3 is 2.76 bits per heavy atom. The molecule has 0 amide bonds. The first-order valence-electron chi connectivity index (χ1n) is 6.46. The smallest absolute Gasteiger partial charge is 0.387 e. The molecular weight excluding hydrogens is 274 g/mol. The van der Waals surface area contributed by atoms with Gasteiger partial charge in [-0.2, -0.15) is 8.78 Å². The largest absolute Gasteiger partial charge is 0.435 e. The van der Waals surface area contributed by atoms with Crippen molar-refractivity contribution < 1.29 is 13.5 Å². The molecule has 0 saturated carbocycles. The van der Waals surface area contributed by atoms with E-state index in [9.17, 15) is 8.78 Å².